The lowest BCUT2D eigenvalue weighted by Crippen LogP contribution is -2.53. The van der Waals surface area contributed by atoms with Crippen LogP contribution in [-0.2, 0) is 16.1 Å². The van der Waals surface area contributed by atoms with Gasteiger partial charge in [-0.3, -0.25) is 4.79 Å². The highest BCUT2D eigenvalue weighted by atomic mass is 16.5. The van der Waals surface area contributed by atoms with Crippen LogP contribution in [0.3, 0.4) is 0 Å². The van der Waals surface area contributed by atoms with Crippen molar-refractivity contribution in [2.45, 2.75) is 63.7 Å². The van der Waals surface area contributed by atoms with E-state index in [-0.39, 0.29) is 11.4 Å². The number of benzene rings is 1. The molecule has 0 heterocycles. The monoisotopic (exact) mass is 332 g/mol. The third-order valence-corrected chi connectivity index (χ3v) is 5.29. The van der Waals surface area contributed by atoms with Crippen LogP contribution in [-0.4, -0.2) is 43.1 Å². The molecule has 0 radical (unpaired) electrons. The van der Waals surface area contributed by atoms with Gasteiger partial charge in [0.25, 0.3) is 0 Å². The fourth-order valence-corrected chi connectivity index (χ4v) is 3.44. The first-order chi connectivity index (χ1) is 11.5. The van der Waals surface area contributed by atoms with Gasteiger partial charge in [0, 0.05) is 12.1 Å². The first-order valence-corrected chi connectivity index (χ1v) is 9.14. The van der Waals surface area contributed by atoms with E-state index in [1.54, 1.807) is 0 Å². The highest BCUT2D eigenvalue weighted by Gasteiger charge is 2.33. The molecule has 0 aromatic heterocycles. The average molecular weight is 332 g/mol. The normalized spacial score (nSPS) is 18.8. The lowest BCUT2D eigenvalue weighted by Gasteiger charge is -2.40. The summed E-state index contributed by atoms with van der Waals surface area (Å²) in [7, 11) is 4.26. The van der Waals surface area contributed by atoms with Crippen LogP contribution in [0.2, 0.25) is 0 Å². The minimum atomic E-state index is -0.435. The van der Waals surface area contributed by atoms with Crippen molar-refractivity contribution in [1.82, 2.24) is 10.2 Å². The van der Waals surface area contributed by atoms with Gasteiger partial charge < -0.3 is 15.0 Å². The molecule has 1 amide bonds. The van der Waals surface area contributed by atoms with E-state index in [4.69, 9.17) is 4.74 Å². The van der Waals surface area contributed by atoms with Gasteiger partial charge in [-0.15, -0.1) is 0 Å². The molecular weight excluding hydrogens is 300 g/mol. The molecule has 1 N–H and O–H groups in total. The van der Waals surface area contributed by atoms with Gasteiger partial charge in [-0.1, -0.05) is 56.0 Å². The summed E-state index contributed by atoms with van der Waals surface area (Å²) in [6.07, 6.45) is 6.97. The molecule has 1 aromatic rings. The van der Waals surface area contributed by atoms with Crippen molar-refractivity contribution in [1.29, 1.82) is 0 Å². The number of nitrogens with one attached hydrogen (secondary N) is 1. The molecule has 0 bridgehead atoms. The van der Waals surface area contributed by atoms with Crippen LogP contribution in [0.15, 0.2) is 30.3 Å². The summed E-state index contributed by atoms with van der Waals surface area (Å²) in [5, 5.41) is 3.13. The summed E-state index contributed by atoms with van der Waals surface area (Å²) in [6.45, 7) is 3.00. The zero-order chi connectivity index (χ0) is 17.4. The number of rotatable bonds is 7. The fourth-order valence-electron chi connectivity index (χ4n) is 3.44. The molecule has 4 nitrogen and oxygen atoms in total. The average Bonchev–Trinajstić information content (AvgIpc) is 2.85. The number of carbonyl (C=O) groups excluding carboxylic acids is 1. The third kappa shape index (κ3) is 5.32. The summed E-state index contributed by atoms with van der Waals surface area (Å²) >= 11 is 0. The van der Waals surface area contributed by atoms with E-state index in [1.807, 2.05) is 37.3 Å². The topological polar surface area (TPSA) is 41.6 Å². The Morgan fingerprint density at radius 3 is 2.38 bits per heavy atom. The molecule has 1 fully saturated rings. The molecule has 1 atom stereocenters. The maximum Gasteiger partial charge on any atom is 0.248 e. The minimum absolute atomic E-state index is 0.0172. The summed E-state index contributed by atoms with van der Waals surface area (Å²) in [4.78, 5) is 14.7. The number of amides is 1. The molecule has 1 aromatic carbocycles. The molecule has 0 unspecified atom stereocenters. The van der Waals surface area contributed by atoms with E-state index in [1.165, 1.54) is 25.7 Å². The van der Waals surface area contributed by atoms with Crippen molar-refractivity contribution >= 4 is 5.91 Å². The van der Waals surface area contributed by atoms with E-state index in [0.29, 0.717) is 13.2 Å². The van der Waals surface area contributed by atoms with Crippen LogP contribution in [0.25, 0.3) is 0 Å². The van der Waals surface area contributed by atoms with Gasteiger partial charge in [0.05, 0.1) is 6.61 Å². The van der Waals surface area contributed by atoms with E-state index in [2.05, 4.69) is 24.3 Å². The Kier molecular flexibility index (Phi) is 7.25. The highest BCUT2D eigenvalue weighted by molar-refractivity contribution is 5.80. The van der Waals surface area contributed by atoms with Crippen LogP contribution >= 0.6 is 0 Å². The molecule has 0 spiro atoms. The molecule has 0 saturated heterocycles. The molecular formula is C20H32N2O2. The lowest BCUT2D eigenvalue weighted by atomic mass is 9.88. The quantitative estimate of drug-likeness (QED) is 0.779. The van der Waals surface area contributed by atoms with Crippen LogP contribution in [0.5, 0.6) is 0 Å². The predicted octanol–water partition coefficient (Wildman–Crippen LogP) is 3.36. The highest BCUT2D eigenvalue weighted by Crippen LogP contribution is 2.30. The Balaban J connectivity index is 1.83. The zero-order valence-electron chi connectivity index (χ0n) is 15.4. The maximum atomic E-state index is 12.4. The molecule has 4 heteroatoms. The van der Waals surface area contributed by atoms with Gasteiger partial charge in [0.2, 0.25) is 5.91 Å². The lowest BCUT2D eigenvalue weighted by molar-refractivity contribution is -0.133. The van der Waals surface area contributed by atoms with Crippen LogP contribution < -0.4 is 5.32 Å². The molecule has 2 rings (SSSR count). The second kappa shape index (κ2) is 9.19. The van der Waals surface area contributed by atoms with Crippen molar-refractivity contribution in [3.8, 4) is 0 Å². The number of likely N-dealkylation sites (N-methyl/N-ethyl adjacent to an activating group) is 1. The first kappa shape index (κ1) is 18.9. The minimum Gasteiger partial charge on any atom is -0.364 e. The van der Waals surface area contributed by atoms with Crippen molar-refractivity contribution in [2.24, 2.45) is 0 Å². The van der Waals surface area contributed by atoms with Crippen molar-refractivity contribution in [3.05, 3.63) is 35.9 Å². The SMILES string of the molecule is C[C@@H](OCc1ccccc1)C(=O)NCC1(N(C)C)CCCCCC1. The molecule has 24 heavy (non-hydrogen) atoms. The number of hydrogen-bond donors (Lipinski definition) is 1. The van der Waals surface area contributed by atoms with Gasteiger partial charge >= 0.3 is 0 Å². The van der Waals surface area contributed by atoms with Crippen LogP contribution in [0.1, 0.15) is 51.0 Å². The molecule has 1 aliphatic carbocycles. The standard InChI is InChI=1S/C20H32N2O2/c1-17(24-15-18-11-7-6-8-12-18)19(23)21-16-20(22(2)3)13-9-4-5-10-14-20/h6-8,11-12,17H,4-5,9-10,13-16H2,1-3H3,(H,21,23)/t17-/m1/s1. The van der Waals surface area contributed by atoms with Crippen molar-refractivity contribution in [2.75, 3.05) is 20.6 Å². The first-order valence-electron chi connectivity index (χ1n) is 9.14. The van der Waals surface area contributed by atoms with Crippen molar-refractivity contribution in [3.63, 3.8) is 0 Å². The van der Waals surface area contributed by atoms with Gasteiger partial charge in [0.1, 0.15) is 6.10 Å². The van der Waals surface area contributed by atoms with E-state index in [0.717, 1.165) is 18.4 Å². The number of ether oxygens (including phenoxy) is 1. The summed E-state index contributed by atoms with van der Waals surface area (Å²) in [5.74, 6) is -0.0172. The fraction of sp³-hybridized carbons (Fsp3) is 0.650. The molecule has 0 aliphatic heterocycles. The van der Waals surface area contributed by atoms with Gasteiger partial charge in [-0.2, -0.15) is 0 Å². The van der Waals surface area contributed by atoms with Gasteiger partial charge in [0.15, 0.2) is 0 Å². The Morgan fingerprint density at radius 1 is 1.17 bits per heavy atom. The molecule has 134 valence electrons. The van der Waals surface area contributed by atoms with E-state index >= 15 is 0 Å². The largest absolute Gasteiger partial charge is 0.364 e. The Hall–Kier alpha value is -1.39. The molecule has 1 aliphatic rings. The Morgan fingerprint density at radius 2 is 1.79 bits per heavy atom. The number of nitrogens with zero attached hydrogens (tertiary/aromatic N) is 1. The summed E-state index contributed by atoms with van der Waals surface area (Å²) in [5.41, 5.74) is 1.18. The zero-order valence-corrected chi connectivity index (χ0v) is 15.4. The second-order valence-electron chi connectivity index (χ2n) is 7.19. The summed E-state index contributed by atoms with van der Waals surface area (Å²) < 4.78 is 5.72. The Labute approximate surface area is 146 Å². The Bertz CT molecular complexity index is 494. The third-order valence-electron chi connectivity index (χ3n) is 5.29. The predicted molar refractivity (Wildman–Crippen MR) is 97.8 cm³/mol. The maximum absolute atomic E-state index is 12.4. The van der Waals surface area contributed by atoms with Crippen LogP contribution in [0.4, 0.5) is 0 Å². The smallest absolute Gasteiger partial charge is 0.248 e. The number of hydrogen-bond acceptors (Lipinski definition) is 3. The number of carbonyl (C=O) groups is 1. The van der Waals surface area contributed by atoms with Gasteiger partial charge in [-0.25, -0.2) is 0 Å². The summed E-state index contributed by atoms with van der Waals surface area (Å²) in [6, 6.07) is 9.97. The van der Waals surface area contributed by atoms with Gasteiger partial charge in [-0.05, 0) is 39.4 Å². The second-order valence-corrected chi connectivity index (χ2v) is 7.19. The van der Waals surface area contributed by atoms with E-state index < -0.39 is 6.10 Å². The van der Waals surface area contributed by atoms with Crippen LogP contribution in [0, 0.1) is 0 Å². The molecule has 1 saturated carbocycles. The van der Waals surface area contributed by atoms with Crippen molar-refractivity contribution < 1.29 is 9.53 Å². The van der Waals surface area contributed by atoms with E-state index in [9.17, 15) is 4.79 Å².